The number of benzene rings is 3. The Morgan fingerprint density at radius 1 is 0.974 bits per heavy atom. The van der Waals surface area contributed by atoms with Crippen LogP contribution in [-0.4, -0.2) is 72.2 Å². The van der Waals surface area contributed by atoms with E-state index in [0.717, 1.165) is 27.8 Å². The Morgan fingerprint density at radius 2 is 1.54 bits per heavy atom. The highest BCUT2D eigenvalue weighted by atomic mass is 16.5. The lowest BCUT2D eigenvalue weighted by Gasteiger charge is -2.46. The minimum atomic E-state index is -0.972. The van der Waals surface area contributed by atoms with Crippen molar-refractivity contribution in [1.29, 1.82) is 0 Å². The number of likely N-dealkylation sites (tertiary alicyclic amines) is 1. The number of carbonyl (C=O) groups is 3. The van der Waals surface area contributed by atoms with Gasteiger partial charge in [0.1, 0.15) is 18.1 Å². The van der Waals surface area contributed by atoms with Crippen molar-refractivity contribution in [3.8, 4) is 11.1 Å². The zero-order chi connectivity index (χ0) is 27.6. The van der Waals surface area contributed by atoms with Crippen molar-refractivity contribution in [1.82, 2.24) is 15.1 Å². The summed E-state index contributed by atoms with van der Waals surface area (Å²) in [5.74, 6) is -1.35. The molecular weight excluding hydrogens is 494 g/mol. The number of fused-ring (bicyclic) bond motifs is 3. The Kier molecular flexibility index (Phi) is 7.39. The van der Waals surface area contributed by atoms with Gasteiger partial charge in [-0.3, -0.25) is 14.5 Å². The molecule has 1 aliphatic heterocycles. The molecule has 3 aromatic carbocycles. The van der Waals surface area contributed by atoms with Gasteiger partial charge in [0.25, 0.3) is 0 Å². The molecular formula is C31H33N3O5. The largest absolute Gasteiger partial charge is 0.481 e. The summed E-state index contributed by atoms with van der Waals surface area (Å²) >= 11 is 0. The fourth-order valence-electron chi connectivity index (χ4n) is 5.55. The van der Waals surface area contributed by atoms with Crippen LogP contribution >= 0.6 is 0 Å². The number of ether oxygens (including phenoxy) is 1. The van der Waals surface area contributed by atoms with E-state index < -0.39 is 23.5 Å². The normalized spacial score (nSPS) is 16.1. The van der Waals surface area contributed by atoms with Crippen molar-refractivity contribution in [3.63, 3.8) is 0 Å². The Labute approximate surface area is 228 Å². The third kappa shape index (κ3) is 5.52. The molecule has 2 aliphatic rings. The zero-order valence-corrected chi connectivity index (χ0v) is 22.2. The number of carboxylic acids is 1. The second-order valence-corrected chi connectivity index (χ2v) is 10.8. The number of carboxylic acid groups (broad SMARTS) is 1. The maximum atomic E-state index is 13.4. The van der Waals surface area contributed by atoms with Crippen molar-refractivity contribution >= 4 is 18.0 Å². The van der Waals surface area contributed by atoms with E-state index in [1.165, 1.54) is 4.90 Å². The molecule has 1 heterocycles. The molecule has 1 unspecified atom stereocenters. The summed E-state index contributed by atoms with van der Waals surface area (Å²) in [6.07, 6.45) is -0.676. The summed E-state index contributed by atoms with van der Waals surface area (Å²) in [6.45, 7) is 2.80. The summed E-state index contributed by atoms with van der Waals surface area (Å²) in [5.41, 5.74) is 4.59. The Bertz CT molecular complexity index is 1320. The van der Waals surface area contributed by atoms with Crippen molar-refractivity contribution in [2.75, 3.05) is 33.3 Å². The molecule has 0 aromatic heterocycles. The summed E-state index contributed by atoms with van der Waals surface area (Å²) in [4.78, 5) is 41.4. The number of nitrogens with zero attached hydrogens (tertiary/aromatic N) is 2. The summed E-state index contributed by atoms with van der Waals surface area (Å²) in [5, 5.41) is 12.2. The number of hydrogen-bond donors (Lipinski definition) is 2. The third-order valence-electron chi connectivity index (χ3n) is 7.63. The van der Waals surface area contributed by atoms with Crippen LogP contribution in [0.3, 0.4) is 0 Å². The van der Waals surface area contributed by atoms with Gasteiger partial charge >= 0.3 is 12.1 Å². The number of rotatable bonds is 9. The molecule has 8 heteroatoms. The van der Waals surface area contributed by atoms with E-state index in [1.54, 1.807) is 6.92 Å². The molecule has 0 saturated carbocycles. The van der Waals surface area contributed by atoms with Gasteiger partial charge < -0.3 is 20.1 Å². The van der Waals surface area contributed by atoms with Gasteiger partial charge in [0.15, 0.2) is 0 Å². The van der Waals surface area contributed by atoms with E-state index in [4.69, 9.17) is 4.74 Å². The van der Waals surface area contributed by atoms with Crippen molar-refractivity contribution in [2.45, 2.75) is 25.4 Å². The number of amides is 2. The van der Waals surface area contributed by atoms with E-state index in [1.807, 2.05) is 66.5 Å². The molecule has 8 nitrogen and oxygen atoms in total. The molecule has 0 spiro atoms. The fraction of sp³-hybridized carbons (Fsp3) is 0.323. The van der Waals surface area contributed by atoms with Crippen LogP contribution < -0.4 is 5.32 Å². The van der Waals surface area contributed by atoms with Gasteiger partial charge in [-0.2, -0.15) is 0 Å². The Balaban J connectivity index is 1.26. The first-order chi connectivity index (χ1) is 18.7. The van der Waals surface area contributed by atoms with Crippen molar-refractivity contribution in [2.24, 2.45) is 5.41 Å². The first kappa shape index (κ1) is 26.4. The van der Waals surface area contributed by atoms with Crippen LogP contribution in [0.5, 0.6) is 0 Å². The lowest BCUT2D eigenvalue weighted by molar-refractivity contribution is -0.164. The summed E-state index contributed by atoms with van der Waals surface area (Å²) in [7, 11) is 1.88. The van der Waals surface area contributed by atoms with Gasteiger partial charge in [-0.15, -0.1) is 0 Å². The number of nitrogens with one attached hydrogen (secondary N) is 1. The molecule has 2 amide bonds. The third-order valence-corrected chi connectivity index (χ3v) is 7.63. The van der Waals surface area contributed by atoms with Crippen LogP contribution in [0.4, 0.5) is 4.79 Å². The van der Waals surface area contributed by atoms with Crippen LogP contribution in [-0.2, 0) is 20.9 Å². The highest BCUT2D eigenvalue weighted by Crippen LogP contribution is 2.44. The minimum absolute atomic E-state index is 0.0929. The van der Waals surface area contributed by atoms with Crippen LogP contribution in [0.1, 0.15) is 29.5 Å². The topological polar surface area (TPSA) is 99.2 Å². The monoisotopic (exact) mass is 527 g/mol. The van der Waals surface area contributed by atoms with Gasteiger partial charge in [0, 0.05) is 32.1 Å². The van der Waals surface area contributed by atoms with Gasteiger partial charge in [-0.25, -0.2) is 4.79 Å². The number of carbonyl (C=O) groups excluding carboxylic acids is 2. The summed E-state index contributed by atoms with van der Waals surface area (Å²) in [6, 6.07) is 25.2. The molecule has 1 atom stereocenters. The quantitative estimate of drug-likeness (QED) is 0.437. The zero-order valence-electron chi connectivity index (χ0n) is 22.2. The van der Waals surface area contributed by atoms with Crippen LogP contribution in [0.15, 0.2) is 78.9 Å². The second-order valence-electron chi connectivity index (χ2n) is 10.8. The Hall–Kier alpha value is -4.17. The lowest BCUT2D eigenvalue weighted by Crippen LogP contribution is -2.65. The van der Waals surface area contributed by atoms with Gasteiger partial charge in [-0.05, 0) is 41.8 Å². The molecule has 1 fully saturated rings. The van der Waals surface area contributed by atoms with E-state index in [2.05, 4.69) is 29.6 Å². The highest BCUT2D eigenvalue weighted by molar-refractivity contribution is 5.89. The number of hydrogen-bond acceptors (Lipinski definition) is 5. The standard InChI is InChI=1S/C31H33N3O5/c1-31(29(36)37)19-34(20-31)28(35)27(17-33(2)16-21-10-4-3-5-11-21)32-30(38)39-18-26-24-14-8-6-12-22(24)23-13-7-9-15-25(23)26/h3-15,26-27H,16-20H2,1-2H3,(H,32,38)(H,36,37). The van der Waals surface area contributed by atoms with Gasteiger partial charge in [0.05, 0.1) is 0 Å². The van der Waals surface area contributed by atoms with E-state index in [9.17, 15) is 19.5 Å². The number of likely N-dealkylation sites (N-methyl/N-ethyl adjacent to an activating group) is 1. The average molecular weight is 528 g/mol. The maximum absolute atomic E-state index is 13.4. The molecule has 0 bridgehead atoms. The number of aliphatic carboxylic acids is 1. The molecule has 202 valence electrons. The van der Waals surface area contributed by atoms with Crippen LogP contribution in [0, 0.1) is 5.41 Å². The second kappa shape index (κ2) is 10.9. The average Bonchev–Trinajstić information content (AvgIpc) is 3.23. The predicted molar refractivity (Wildman–Crippen MR) is 147 cm³/mol. The van der Waals surface area contributed by atoms with Gasteiger partial charge in [-0.1, -0.05) is 78.9 Å². The van der Waals surface area contributed by atoms with Crippen LogP contribution in [0.2, 0.25) is 0 Å². The SMILES string of the molecule is CN(Cc1ccccc1)CC(NC(=O)OCC1c2ccccc2-c2ccccc21)C(=O)N1CC(C)(C(=O)O)C1. The molecule has 1 saturated heterocycles. The van der Waals surface area contributed by atoms with Crippen molar-refractivity contribution < 1.29 is 24.2 Å². The first-order valence-electron chi connectivity index (χ1n) is 13.1. The minimum Gasteiger partial charge on any atom is -0.481 e. The van der Waals surface area contributed by atoms with Gasteiger partial charge in [0.2, 0.25) is 5.91 Å². The van der Waals surface area contributed by atoms with E-state index in [-0.39, 0.29) is 38.1 Å². The summed E-state index contributed by atoms with van der Waals surface area (Å²) < 4.78 is 5.70. The molecule has 3 aromatic rings. The molecule has 39 heavy (non-hydrogen) atoms. The maximum Gasteiger partial charge on any atom is 0.407 e. The fourth-order valence-corrected chi connectivity index (χ4v) is 5.55. The van der Waals surface area contributed by atoms with Crippen molar-refractivity contribution in [3.05, 3.63) is 95.6 Å². The predicted octanol–water partition coefficient (Wildman–Crippen LogP) is 3.96. The number of alkyl carbamates (subject to hydrolysis) is 1. The highest BCUT2D eigenvalue weighted by Gasteiger charge is 2.48. The first-order valence-corrected chi connectivity index (χ1v) is 13.1. The van der Waals surface area contributed by atoms with E-state index in [0.29, 0.717) is 6.54 Å². The van der Waals surface area contributed by atoms with E-state index >= 15 is 0 Å². The lowest BCUT2D eigenvalue weighted by atomic mass is 9.81. The van der Waals surface area contributed by atoms with Crippen LogP contribution in [0.25, 0.3) is 11.1 Å². The molecule has 1 aliphatic carbocycles. The molecule has 5 rings (SSSR count). The smallest absolute Gasteiger partial charge is 0.407 e. The molecule has 2 N–H and O–H groups in total. The Morgan fingerprint density at radius 3 is 2.13 bits per heavy atom. The molecule has 0 radical (unpaired) electrons.